The Morgan fingerprint density at radius 2 is 1.94 bits per heavy atom. The van der Waals surface area contributed by atoms with Crippen molar-refractivity contribution in [1.82, 2.24) is 0 Å². The Kier molecular flexibility index (Phi) is 4.04. The van der Waals surface area contributed by atoms with E-state index in [1.807, 2.05) is 11.4 Å². The van der Waals surface area contributed by atoms with Gasteiger partial charge in [-0.25, -0.2) is 0 Å². The lowest BCUT2D eigenvalue weighted by molar-refractivity contribution is 0.416. The van der Waals surface area contributed by atoms with Crippen molar-refractivity contribution in [2.24, 2.45) is 5.73 Å². The molecule has 0 aliphatic heterocycles. The largest absolute Gasteiger partial charge is 0.496 e. The lowest BCUT2D eigenvalue weighted by atomic mass is 9.96. The van der Waals surface area contributed by atoms with Crippen molar-refractivity contribution in [3.05, 3.63) is 51.2 Å². The molecule has 2 N–H and O–H groups in total. The first-order valence-corrected chi connectivity index (χ1v) is 6.93. The summed E-state index contributed by atoms with van der Waals surface area (Å²) in [6.07, 6.45) is 0.877. The molecule has 0 radical (unpaired) electrons. The second kappa shape index (κ2) is 5.55. The number of hydrogen-bond donors (Lipinski definition) is 1. The first-order valence-electron chi connectivity index (χ1n) is 6.05. The third-order valence-electron chi connectivity index (χ3n) is 3.27. The number of aryl methyl sites for hydroxylation is 2. The van der Waals surface area contributed by atoms with Crippen LogP contribution in [0.4, 0.5) is 0 Å². The first kappa shape index (κ1) is 13.1. The van der Waals surface area contributed by atoms with Gasteiger partial charge in [0, 0.05) is 16.3 Å². The maximum Gasteiger partial charge on any atom is 0.129 e. The first-order chi connectivity index (χ1) is 8.61. The van der Waals surface area contributed by atoms with E-state index in [1.165, 1.54) is 21.6 Å². The minimum Gasteiger partial charge on any atom is -0.496 e. The van der Waals surface area contributed by atoms with Crippen molar-refractivity contribution in [3.63, 3.8) is 0 Å². The smallest absolute Gasteiger partial charge is 0.129 e. The summed E-state index contributed by atoms with van der Waals surface area (Å²) in [5.74, 6) is 0.895. The number of methoxy groups -OCH3 is 1. The topological polar surface area (TPSA) is 35.2 Å². The van der Waals surface area contributed by atoms with Gasteiger partial charge in [-0.05, 0) is 43.0 Å². The molecule has 2 rings (SSSR count). The van der Waals surface area contributed by atoms with Crippen LogP contribution in [0.1, 0.15) is 27.6 Å². The summed E-state index contributed by atoms with van der Waals surface area (Å²) < 4.78 is 5.20. The maximum atomic E-state index is 6.29. The molecular weight excluding hydrogens is 242 g/mol. The molecule has 1 atom stereocenters. The molecule has 96 valence electrons. The molecule has 0 amide bonds. The lowest BCUT2D eigenvalue weighted by Gasteiger charge is -2.14. The number of hydrogen-bond acceptors (Lipinski definition) is 3. The van der Waals surface area contributed by atoms with Gasteiger partial charge in [0.15, 0.2) is 0 Å². The molecule has 18 heavy (non-hydrogen) atoms. The average molecular weight is 261 g/mol. The van der Waals surface area contributed by atoms with E-state index < -0.39 is 0 Å². The van der Waals surface area contributed by atoms with Gasteiger partial charge in [-0.1, -0.05) is 18.2 Å². The van der Waals surface area contributed by atoms with Crippen LogP contribution in [0.15, 0.2) is 29.6 Å². The summed E-state index contributed by atoms with van der Waals surface area (Å²) in [6.45, 7) is 4.29. The Balaban J connectivity index is 2.18. The van der Waals surface area contributed by atoms with Crippen LogP contribution in [0.2, 0.25) is 0 Å². The predicted octanol–water partition coefficient (Wildman–Crippen LogP) is 3.62. The van der Waals surface area contributed by atoms with Crippen LogP contribution < -0.4 is 10.5 Å². The Bertz CT molecular complexity index is 513. The van der Waals surface area contributed by atoms with Crippen LogP contribution in [0.3, 0.4) is 0 Å². The molecule has 1 unspecified atom stereocenters. The number of thiophene rings is 1. The molecule has 0 fully saturated rings. The van der Waals surface area contributed by atoms with Gasteiger partial charge in [-0.2, -0.15) is 0 Å². The molecular formula is C15H19NOS. The van der Waals surface area contributed by atoms with Crippen molar-refractivity contribution in [2.75, 3.05) is 7.11 Å². The Morgan fingerprint density at radius 3 is 2.50 bits per heavy atom. The van der Waals surface area contributed by atoms with Gasteiger partial charge in [0.1, 0.15) is 5.75 Å². The second-order valence-corrected chi connectivity index (χ2v) is 5.51. The minimum absolute atomic E-state index is 0.0405. The van der Waals surface area contributed by atoms with E-state index in [0.717, 1.165) is 12.2 Å². The molecule has 2 nitrogen and oxygen atoms in total. The van der Waals surface area contributed by atoms with Crippen LogP contribution in [-0.2, 0) is 6.42 Å². The van der Waals surface area contributed by atoms with Crippen molar-refractivity contribution >= 4 is 11.3 Å². The molecule has 3 heteroatoms. The molecule has 0 aliphatic rings. The van der Waals surface area contributed by atoms with Gasteiger partial charge in [0.05, 0.1) is 7.11 Å². The van der Waals surface area contributed by atoms with E-state index in [9.17, 15) is 0 Å². The van der Waals surface area contributed by atoms with E-state index in [2.05, 4.69) is 32.0 Å². The maximum absolute atomic E-state index is 6.29. The Labute approximate surface area is 112 Å². The standard InChI is InChI=1S/C15H19NOS/c1-10-5-4-6-11(2)13(10)8-14(16)15-7-12(17-3)9-18-15/h4-7,9,14H,8,16H2,1-3H3. The second-order valence-electron chi connectivity index (χ2n) is 4.57. The van der Waals surface area contributed by atoms with Gasteiger partial charge in [-0.15, -0.1) is 11.3 Å². The van der Waals surface area contributed by atoms with E-state index in [1.54, 1.807) is 18.4 Å². The molecule has 0 bridgehead atoms. The Hall–Kier alpha value is -1.32. The quantitative estimate of drug-likeness (QED) is 0.912. The van der Waals surface area contributed by atoms with Crippen molar-refractivity contribution in [3.8, 4) is 5.75 Å². The summed E-state index contributed by atoms with van der Waals surface area (Å²) in [6, 6.07) is 8.45. The zero-order valence-electron chi connectivity index (χ0n) is 11.1. The van der Waals surface area contributed by atoms with E-state index in [-0.39, 0.29) is 6.04 Å². The molecule has 0 spiro atoms. The molecule has 1 heterocycles. The fourth-order valence-corrected chi connectivity index (χ4v) is 2.99. The normalized spacial score (nSPS) is 12.4. The van der Waals surface area contributed by atoms with Crippen LogP contribution in [0.5, 0.6) is 5.75 Å². The van der Waals surface area contributed by atoms with Crippen LogP contribution >= 0.6 is 11.3 Å². The van der Waals surface area contributed by atoms with E-state index in [0.29, 0.717) is 0 Å². The van der Waals surface area contributed by atoms with Gasteiger partial charge in [-0.3, -0.25) is 0 Å². The molecule has 1 aromatic heterocycles. The molecule has 1 aromatic carbocycles. The fraction of sp³-hybridized carbons (Fsp3) is 0.333. The van der Waals surface area contributed by atoms with E-state index in [4.69, 9.17) is 10.5 Å². The van der Waals surface area contributed by atoms with E-state index >= 15 is 0 Å². The highest BCUT2D eigenvalue weighted by atomic mass is 32.1. The number of rotatable bonds is 4. The molecule has 2 aromatic rings. The SMILES string of the molecule is COc1csc(C(N)Cc2c(C)cccc2C)c1. The van der Waals surface area contributed by atoms with Gasteiger partial charge in [0.25, 0.3) is 0 Å². The molecule has 0 aliphatic carbocycles. The number of nitrogens with two attached hydrogens (primary N) is 1. The predicted molar refractivity (Wildman–Crippen MR) is 77.4 cm³/mol. The monoisotopic (exact) mass is 261 g/mol. The number of benzene rings is 1. The van der Waals surface area contributed by atoms with Gasteiger partial charge < -0.3 is 10.5 Å². The summed E-state index contributed by atoms with van der Waals surface area (Å²) in [5.41, 5.74) is 10.3. The summed E-state index contributed by atoms with van der Waals surface area (Å²) in [7, 11) is 1.68. The third-order valence-corrected chi connectivity index (χ3v) is 4.31. The number of ether oxygens (including phenoxy) is 1. The van der Waals surface area contributed by atoms with Crippen molar-refractivity contribution in [2.45, 2.75) is 26.3 Å². The summed E-state index contributed by atoms with van der Waals surface area (Å²) in [4.78, 5) is 1.18. The summed E-state index contributed by atoms with van der Waals surface area (Å²) >= 11 is 1.66. The van der Waals surface area contributed by atoms with Crippen molar-refractivity contribution < 1.29 is 4.74 Å². The molecule has 0 saturated heterocycles. The summed E-state index contributed by atoms with van der Waals surface area (Å²) in [5, 5.41) is 2.00. The lowest BCUT2D eigenvalue weighted by Crippen LogP contribution is -2.13. The highest BCUT2D eigenvalue weighted by molar-refractivity contribution is 7.10. The fourth-order valence-electron chi connectivity index (χ4n) is 2.13. The van der Waals surface area contributed by atoms with Crippen molar-refractivity contribution in [1.29, 1.82) is 0 Å². The molecule has 0 saturated carbocycles. The average Bonchev–Trinajstić information content (AvgIpc) is 2.82. The van der Waals surface area contributed by atoms with Crippen LogP contribution in [0.25, 0.3) is 0 Å². The van der Waals surface area contributed by atoms with Crippen LogP contribution in [0, 0.1) is 13.8 Å². The zero-order valence-corrected chi connectivity index (χ0v) is 11.9. The highest BCUT2D eigenvalue weighted by Crippen LogP contribution is 2.28. The van der Waals surface area contributed by atoms with Gasteiger partial charge >= 0.3 is 0 Å². The van der Waals surface area contributed by atoms with Crippen LogP contribution in [-0.4, -0.2) is 7.11 Å². The van der Waals surface area contributed by atoms with Gasteiger partial charge in [0.2, 0.25) is 0 Å². The zero-order chi connectivity index (χ0) is 13.1. The minimum atomic E-state index is 0.0405. The Morgan fingerprint density at radius 1 is 1.28 bits per heavy atom. The highest BCUT2D eigenvalue weighted by Gasteiger charge is 2.13. The third kappa shape index (κ3) is 2.74.